The first kappa shape index (κ1) is 24.7. The molecule has 0 aromatic heterocycles. The minimum absolute atomic E-state index is 0.138. The Morgan fingerprint density at radius 1 is 1.06 bits per heavy atom. The highest BCUT2D eigenvalue weighted by Gasteiger charge is 2.34. The van der Waals surface area contributed by atoms with Gasteiger partial charge in [0.05, 0.1) is 10.6 Å². The molecule has 3 rings (SSSR count). The lowest BCUT2D eigenvalue weighted by Gasteiger charge is -2.36. The highest BCUT2D eigenvalue weighted by Crippen LogP contribution is 2.24. The van der Waals surface area contributed by atoms with Gasteiger partial charge in [0.1, 0.15) is 11.9 Å². The van der Waals surface area contributed by atoms with Gasteiger partial charge in [0.25, 0.3) is 11.8 Å². The van der Waals surface area contributed by atoms with Crippen molar-refractivity contribution in [2.45, 2.75) is 32.7 Å². The van der Waals surface area contributed by atoms with Crippen LogP contribution in [0.4, 0.5) is 4.39 Å². The normalized spacial score (nSPS) is 15.2. The number of piperidine rings is 1. The fourth-order valence-corrected chi connectivity index (χ4v) is 4.11. The van der Waals surface area contributed by atoms with Crippen LogP contribution in [0.2, 0.25) is 5.02 Å². The van der Waals surface area contributed by atoms with Crippen molar-refractivity contribution < 1.29 is 18.8 Å². The first-order chi connectivity index (χ1) is 15.8. The molecule has 1 aliphatic rings. The molecule has 1 atom stereocenters. The zero-order valence-electron chi connectivity index (χ0n) is 18.8. The maximum absolute atomic E-state index is 13.2. The molecule has 0 aliphatic carbocycles. The SMILES string of the molecule is CC(C)CNC(=O)[C@@H](NC(=O)c1ccccc1Cl)C1CCN(C(=O)c2ccc(F)cc2)CC1. The van der Waals surface area contributed by atoms with Crippen LogP contribution in [0.3, 0.4) is 0 Å². The predicted molar refractivity (Wildman–Crippen MR) is 126 cm³/mol. The summed E-state index contributed by atoms with van der Waals surface area (Å²) >= 11 is 6.16. The minimum Gasteiger partial charge on any atom is -0.354 e. The van der Waals surface area contributed by atoms with Gasteiger partial charge in [-0.25, -0.2) is 4.39 Å². The fraction of sp³-hybridized carbons (Fsp3) is 0.400. The average Bonchev–Trinajstić information content (AvgIpc) is 2.81. The average molecular weight is 474 g/mol. The van der Waals surface area contributed by atoms with Crippen molar-refractivity contribution in [2.75, 3.05) is 19.6 Å². The second-order valence-corrected chi connectivity index (χ2v) is 9.11. The smallest absolute Gasteiger partial charge is 0.253 e. The number of halogens is 2. The Labute approximate surface area is 198 Å². The van der Waals surface area contributed by atoms with Gasteiger partial charge in [0.2, 0.25) is 5.91 Å². The summed E-state index contributed by atoms with van der Waals surface area (Å²) in [4.78, 5) is 40.3. The maximum Gasteiger partial charge on any atom is 0.253 e. The molecule has 2 aromatic carbocycles. The van der Waals surface area contributed by atoms with Crippen molar-refractivity contribution >= 4 is 29.3 Å². The van der Waals surface area contributed by atoms with Gasteiger partial charge in [-0.2, -0.15) is 0 Å². The summed E-state index contributed by atoms with van der Waals surface area (Å²) in [5.41, 5.74) is 0.734. The van der Waals surface area contributed by atoms with Crippen molar-refractivity contribution in [1.82, 2.24) is 15.5 Å². The van der Waals surface area contributed by atoms with E-state index in [1.165, 1.54) is 24.3 Å². The first-order valence-electron chi connectivity index (χ1n) is 11.1. The molecule has 0 unspecified atom stereocenters. The van der Waals surface area contributed by atoms with Gasteiger partial charge >= 0.3 is 0 Å². The lowest BCUT2D eigenvalue weighted by molar-refractivity contribution is -0.124. The summed E-state index contributed by atoms with van der Waals surface area (Å²) in [6.07, 6.45) is 1.10. The number of nitrogens with one attached hydrogen (secondary N) is 2. The molecule has 1 aliphatic heterocycles. The van der Waals surface area contributed by atoms with Gasteiger partial charge in [0, 0.05) is 25.2 Å². The van der Waals surface area contributed by atoms with Crippen LogP contribution in [0.1, 0.15) is 47.4 Å². The number of benzene rings is 2. The Balaban J connectivity index is 1.69. The number of likely N-dealkylation sites (tertiary alicyclic amines) is 1. The van der Waals surface area contributed by atoms with E-state index in [1.807, 2.05) is 13.8 Å². The van der Waals surface area contributed by atoms with Crippen LogP contribution < -0.4 is 10.6 Å². The molecule has 1 saturated heterocycles. The quantitative estimate of drug-likeness (QED) is 0.640. The summed E-state index contributed by atoms with van der Waals surface area (Å²) in [6.45, 7) is 5.38. The van der Waals surface area contributed by atoms with Gasteiger partial charge < -0.3 is 15.5 Å². The number of amides is 3. The van der Waals surface area contributed by atoms with Crippen LogP contribution in [0, 0.1) is 17.7 Å². The summed E-state index contributed by atoms with van der Waals surface area (Å²) < 4.78 is 13.2. The Kier molecular flexibility index (Phi) is 8.44. The summed E-state index contributed by atoms with van der Waals surface area (Å²) in [7, 11) is 0. The zero-order chi connectivity index (χ0) is 24.0. The summed E-state index contributed by atoms with van der Waals surface area (Å²) in [5, 5.41) is 6.10. The van der Waals surface area contributed by atoms with E-state index in [-0.39, 0.29) is 23.7 Å². The number of hydrogen-bond donors (Lipinski definition) is 2. The molecule has 1 heterocycles. The number of carbonyl (C=O) groups excluding carboxylic acids is 3. The van der Waals surface area contributed by atoms with E-state index in [9.17, 15) is 18.8 Å². The van der Waals surface area contributed by atoms with E-state index >= 15 is 0 Å². The molecular weight excluding hydrogens is 445 g/mol. The monoisotopic (exact) mass is 473 g/mol. The molecule has 0 radical (unpaired) electrons. The molecule has 33 heavy (non-hydrogen) atoms. The van der Waals surface area contributed by atoms with E-state index < -0.39 is 17.8 Å². The highest BCUT2D eigenvalue weighted by molar-refractivity contribution is 6.33. The molecule has 1 fully saturated rings. The Hall–Kier alpha value is -2.93. The maximum atomic E-state index is 13.2. The standard InChI is InChI=1S/C25H29ClFN3O3/c1-16(2)15-28-24(32)22(29-23(31)20-5-3-4-6-21(20)26)17-11-13-30(14-12-17)25(33)18-7-9-19(27)10-8-18/h3-10,16-17,22H,11-15H2,1-2H3,(H,28,32)(H,29,31)/t22-/m0/s1. The van der Waals surface area contributed by atoms with E-state index in [1.54, 1.807) is 29.2 Å². The van der Waals surface area contributed by atoms with Crippen molar-refractivity contribution in [2.24, 2.45) is 11.8 Å². The van der Waals surface area contributed by atoms with Crippen molar-refractivity contribution in [1.29, 1.82) is 0 Å². The molecule has 0 bridgehead atoms. The second kappa shape index (κ2) is 11.3. The van der Waals surface area contributed by atoms with Crippen LogP contribution in [0.5, 0.6) is 0 Å². The molecule has 3 amide bonds. The minimum atomic E-state index is -0.740. The van der Waals surface area contributed by atoms with Crippen molar-refractivity contribution in [3.05, 3.63) is 70.5 Å². The third kappa shape index (κ3) is 6.54. The molecule has 2 aromatic rings. The van der Waals surface area contributed by atoms with Gasteiger partial charge in [-0.15, -0.1) is 0 Å². The lowest BCUT2D eigenvalue weighted by atomic mass is 9.88. The van der Waals surface area contributed by atoms with Gasteiger partial charge in [-0.1, -0.05) is 37.6 Å². The second-order valence-electron chi connectivity index (χ2n) is 8.71. The van der Waals surface area contributed by atoms with Crippen LogP contribution in [0.25, 0.3) is 0 Å². The Morgan fingerprint density at radius 2 is 1.70 bits per heavy atom. The van der Waals surface area contributed by atoms with E-state index in [0.717, 1.165) is 0 Å². The largest absolute Gasteiger partial charge is 0.354 e. The third-order valence-corrected chi connectivity index (χ3v) is 6.09. The summed E-state index contributed by atoms with van der Waals surface area (Å²) in [5.74, 6) is -1.09. The number of nitrogens with zero attached hydrogens (tertiary/aromatic N) is 1. The van der Waals surface area contributed by atoms with Crippen LogP contribution in [-0.4, -0.2) is 48.3 Å². The van der Waals surface area contributed by atoms with Crippen LogP contribution >= 0.6 is 11.6 Å². The van der Waals surface area contributed by atoms with E-state index in [0.29, 0.717) is 48.6 Å². The zero-order valence-corrected chi connectivity index (χ0v) is 19.6. The van der Waals surface area contributed by atoms with Crippen LogP contribution in [-0.2, 0) is 4.79 Å². The third-order valence-electron chi connectivity index (χ3n) is 5.76. The molecule has 176 valence electrons. The van der Waals surface area contributed by atoms with Crippen molar-refractivity contribution in [3.8, 4) is 0 Å². The predicted octanol–water partition coefficient (Wildman–Crippen LogP) is 3.90. The Morgan fingerprint density at radius 3 is 2.30 bits per heavy atom. The highest BCUT2D eigenvalue weighted by atomic mass is 35.5. The van der Waals surface area contributed by atoms with Gasteiger partial charge in [-0.05, 0) is 61.1 Å². The van der Waals surface area contributed by atoms with E-state index in [2.05, 4.69) is 10.6 Å². The van der Waals surface area contributed by atoms with E-state index in [4.69, 9.17) is 11.6 Å². The first-order valence-corrected chi connectivity index (χ1v) is 11.5. The topological polar surface area (TPSA) is 78.5 Å². The van der Waals surface area contributed by atoms with Crippen LogP contribution in [0.15, 0.2) is 48.5 Å². The fourth-order valence-electron chi connectivity index (χ4n) is 3.89. The molecule has 8 heteroatoms. The van der Waals surface area contributed by atoms with Crippen molar-refractivity contribution in [3.63, 3.8) is 0 Å². The number of hydrogen-bond acceptors (Lipinski definition) is 3. The number of rotatable bonds is 7. The molecular formula is C25H29ClFN3O3. The lowest BCUT2D eigenvalue weighted by Crippen LogP contribution is -2.54. The molecule has 2 N–H and O–H groups in total. The Bertz CT molecular complexity index is 989. The van der Waals surface area contributed by atoms with Gasteiger partial charge in [-0.3, -0.25) is 14.4 Å². The number of carbonyl (C=O) groups is 3. The summed E-state index contributed by atoms with van der Waals surface area (Å²) in [6, 6.07) is 11.4. The molecule has 0 spiro atoms. The molecule has 6 nitrogen and oxygen atoms in total. The molecule has 0 saturated carbocycles. The van der Waals surface area contributed by atoms with Gasteiger partial charge in [0.15, 0.2) is 0 Å².